The Balaban J connectivity index is 1.65. The molecule has 4 rings (SSSR count). The summed E-state index contributed by atoms with van der Waals surface area (Å²) in [5.74, 6) is 1.43. The van der Waals surface area contributed by atoms with Crippen LogP contribution in [0.15, 0.2) is 48.5 Å². The lowest BCUT2D eigenvalue weighted by molar-refractivity contribution is 0.888. The van der Waals surface area contributed by atoms with Crippen LogP contribution in [0, 0.1) is 6.92 Å². The van der Waals surface area contributed by atoms with Gasteiger partial charge in [-0.25, -0.2) is 9.97 Å². The van der Waals surface area contributed by atoms with Crippen LogP contribution in [-0.2, 0) is 6.42 Å². The molecule has 0 aliphatic rings. The Bertz CT molecular complexity index is 1020. The largest absolute Gasteiger partial charge is 0.354 e. The molecule has 120 valence electrons. The van der Waals surface area contributed by atoms with Crippen LogP contribution in [0.25, 0.3) is 16.6 Å². The maximum absolute atomic E-state index is 6.03. The van der Waals surface area contributed by atoms with Crippen LogP contribution < -0.4 is 5.32 Å². The van der Waals surface area contributed by atoms with E-state index in [0.717, 1.165) is 40.4 Å². The van der Waals surface area contributed by atoms with Crippen molar-refractivity contribution in [2.75, 3.05) is 11.9 Å². The molecule has 0 aliphatic heterocycles. The highest BCUT2D eigenvalue weighted by molar-refractivity contribution is 6.30. The molecule has 0 aliphatic carbocycles. The minimum Gasteiger partial charge on any atom is -0.354 e. The van der Waals surface area contributed by atoms with Gasteiger partial charge in [-0.05, 0) is 43.2 Å². The molecule has 0 fully saturated rings. The predicted molar refractivity (Wildman–Crippen MR) is 96.7 cm³/mol. The highest BCUT2D eigenvalue weighted by Gasteiger charge is 2.11. The number of benzene rings is 2. The van der Waals surface area contributed by atoms with Crippen molar-refractivity contribution in [3.05, 3.63) is 64.9 Å². The van der Waals surface area contributed by atoms with E-state index in [2.05, 4.69) is 26.4 Å². The number of anilines is 1. The van der Waals surface area contributed by atoms with Crippen LogP contribution in [0.4, 0.5) is 5.95 Å². The van der Waals surface area contributed by atoms with E-state index >= 15 is 0 Å². The number of fused-ring (bicyclic) bond motifs is 3. The summed E-state index contributed by atoms with van der Waals surface area (Å²) in [5, 5.41) is 9.58. The minimum absolute atomic E-state index is 0.700. The summed E-state index contributed by atoms with van der Waals surface area (Å²) in [6, 6.07) is 15.9. The summed E-state index contributed by atoms with van der Waals surface area (Å²) in [6.07, 6.45) is 0.851. The first-order chi connectivity index (χ1) is 11.7. The molecule has 2 aromatic carbocycles. The summed E-state index contributed by atoms with van der Waals surface area (Å²) in [7, 11) is 0. The van der Waals surface area contributed by atoms with Gasteiger partial charge in [0.15, 0.2) is 5.65 Å². The van der Waals surface area contributed by atoms with Crippen molar-refractivity contribution >= 4 is 34.1 Å². The molecule has 6 heteroatoms. The lowest BCUT2D eigenvalue weighted by Gasteiger charge is -2.09. The second-order valence-electron chi connectivity index (χ2n) is 5.65. The Hall–Kier alpha value is -2.66. The smallest absolute Gasteiger partial charge is 0.226 e. The van der Waals surface area contributed by atoms with E-state index in [9.17, 15) is 0 Å². The molecule has 2 heterocycles. The lowest BCUT2D eigenvalue weighted by atomic mass is 10.1. The number of halogens is 1. The number of hydrogen-bond acceptors (Lipinski definition) is 4. The zero-order valence-electron chi connectivity index (χ0n) is 13.2. The molecule has 0 unspecified atom stereocenters. The van der Waals surface area contributed by atoms with Gasteiger partial charge in [0.2, 0.25) is 5.95 Å². The van der Waals surface area contributed by atoms with Gasteiger partial charge in [-0.1, -0.05) is 35.9 Å². The van der Waals surface area contributed by atoms with Gasteiger partial charge >= 0.3 is 0 Å². The standard InChI is InChI=1S/C18H16ClN5/c1-12-21-17-15-7-2-3-8-16(15)22-18(24(17)23-12)20-10-9-13-5-4-6-14(19)11-13/h2-8,11H,9-10H2,1H3,(H,20,22). The highest BCUT2D eigenvalue weighted by Crippen LogP contribution is 2.20. The summed E-state index contributed by atoms with van der Waals surface area (Å²) >= 11 is 6.03. The normalized spacial score (nSPS) is 11.2. The fourth-order valence-electron chi connectivity index (χ4n) is 2.78. The van der Waals surface area contributed by atoms with Crippen molar-refractivity contribution in [2.24, 2.45) is 0 Å². The molecule has 4 aromatic rings. The average molecular weight is 338 g/mol. The highest BCUT2D eigenvalue weighted by atomic mass is 35.5. The lowest BCUT2D eigenvalue weighted by Crippen LogP contribution is -2.11. The topological polar surface area (TPSA) is 55.1 Å². The molecule has 2 aromatic heterocycles. The van der Waals surface area contributed by atoms with Gasteiger partial charge in [0, 0.05) is 17.0 Å². The summed E-state index contributed by atoms with van der Waals surface area (Å²) in [4.78, 5) is 9.22. The predicted octanol–water partition coefficient (Wildman–Crippen LogP) is 3.89. The van der Waals surface area contributed by atoms with Crippen LogP contribution in [0.1, 0.15) is 11.4 Å². The van der Waals surface area contributed by atoms with Gasteiger partial charge in [0.05, 0.1) is 5.52 Å². The van der Waals surface area contributed by atoms with E-state index in [1.165, 1.54) is 5.56 Å². The summed E-state index contributed by atoms with van der Waals surface area (Å²) < 4.78 is 1.77. The molecule has 0 saturated heterocycles. The Morgan fingerprint density at radius 1 is 1.08 bits per heavy atom. The summed E-state index contributed by atoms with van der Waals surface area (Å²) in [5.41, 5.74) is 2.91. The zero-order valence-corrected chi connectivity index (χ0v) is 14.0. The maximum atomic E-state index is 6.03. The molecular weight excluding hydrogens is 322 g/mol. The molecule has 0 bridgehead atoms. The third-order valence-corrected chi connectivity index (χ3v) is 4.11. The van der Waals surface area contributed by atoms with Crippen LogP contribution in [0.3, 0.4) is 0 Å². The second kappa shape index (κ2) is 6.09. The van der Waals surface area contributed by atoms with Gasteiger partial charge < -0.3 is 5.32 Å². The number of rotatable bonds is 4. The number of para-hydroxylation sites is 1. The minimum atomic E-state index is 0.700. The van der Waals surface area contributed by atoms with Gasteiger partial charge in [0.1, 0.15) is 5.82 Å². The van der Waals surface area contributed by atoms with Crippen LogP contribution in [-0.4, -0.2) is 26.1 Å². The van der Waals surface area contributed by atoms with Gasteiger partial charge in [-0.2, -0.15) is 4.52 Å². The molecular formula is C18H16ClN5. The second-order valence-corrected chi connectivity index (χ2v) is 6.09. The van der Waals surface area contributed by atoms with Crippen molar-refractivity contribution in [1.82, 2.24) is 19.6 Å². The Kier molecular flexibility index (Phi) is 3.78. The zero-order chi connectivity index (χ0) is 16.5. The van der Waals surface area contributed by atoms with Gasteiger partial charge in [0.25, 0.3) is 0 Å². The third kappa shape index (κ3) is 2.78. The third-order valence-electron chi connectivity index (χ3n) is 3.87. The first-order valence-corrected chi connectivity index (χ1v) is 8.19. The molecule has 0 radical (unpaired) electrons. The van der Waals surface area contributed by atoms with Gasteiger partial charge in [-0.3, -0.25) is 0 Å². The van der Waals surface area contributed by atoms with Crippen molar-refractivity contribution < 1.29 is 0 Å². The molecule has 0 atom stereocenters. The number of aromatic nitrogens is 4. The maximum Gasteiger partial charge on any atom is 0.226 e. The Labute approximate surface area is 144 Å². The van der Waals surface area contributed by atoms with Crippen LogP contribution >= 0.6 is 11.6 Å². The van der Waals surface area contributed by atoms with E-state index in [-0.39, 0.29) is 0 Å². The van der Waals surface area contributed by atoms with E-state index in [0.29, 0.717) is 5.95 Å². The molecule has 5 nitrogen and oxygen atoms in total. The molecule has 0 amide bonds. The molecule has 0 spiro atoms. The van der Waals surface area contributed by atoms with Crippen molar-refractivity contribution in [3.8, 4) is 0 Å². The number of nitrogens with one attached hydrogen (secondary N) is 1. The van der Waals surface area contributed by atoms with Crippen LogP contribution in [0.5, 0.6) is 0 Å². The van der Waals surface area contributed by atoms with E-state index in [1.807, 2.05) is 49.4 Å². The van der Waals surface area contributed by atoms with Crippen molar-refractivity contribution in [3.63, 3.8) is 0 Å². The quantitative estimate of drug-likeness (QED) is 0.613. The van der Waals surface area contributed by atoms with E-state index in [1.54, 1.807) is 4.52 Å². The average Bonchev–Trinajstić information content (AvgIpc) is 2.97. The number of hydrogen-bond donors (Lipinski definition) is 1. The Morgan fingerprint density at radius 3 is 2.83 bits per heavy atom. The van der Waals surface area contributed by atoms with Crippen LogP contribution in [0.2, 0.25) is 5.02 Å². The molecule has 24 heavy (non-hydrogen) atoms. The number of nitrogens with zero attached hydrogens (tertiary/aromatic N) is 4. The molecule has 0 saturated carbocycles. The fourth-order valence-corrected chi connectivity index (χ4v) is 3.00. The monoisotopic (exact) mass is 337 g/mol. The first kappa shape index (κ1) is 14.9. The summed E-state index contributed by atoms with van der Waals surface area (Å²) in [6.45, 7) is 2.62. The van der Waals surface area contributed by atoms with E-state index in [4.69, 9.17) is 11.6 Å². The molecule has 1 N–H and O–H groups in total. The van der Waals surface area contributed by atoms with E-state index < -0.39 is 0 Å². The number of aryl methyl sites for hydroxylation is 1. The van der Waals surface area contributed by atoms with Gasteiger partial charge in [-0.15, -0.1) is 5.10 Å². The van der Waals surface area contributed by atoms with Crippen molar-refractivity contribution in [2.45, 2.75) is 13.3 Å². The first-order valence-electron chi connectivity index (χ1n) is 7.81. The fraction of sp³-hybridized carbons (Fsp3) is 0.167. The SMILES string of the molecule is Cc1nc2c3ccccc3nc(NCCc3cccc(Cl)c3)n2n1. The van der Waals surface area contributed by atoms with Crippen molar-refractivity contribution in [1.29, 1.82) is 0 Å². The Morgan fingerprint density at radius 2 is 1.96 bits per heavy atom.